The van der Waals surface area contributed by atoms with Crippen LogP contribution in [0.15, 0.2) is 6.33 Å². The van der Waals surface area contributed by atoms with Crippen molar-refractivity contribution in [2.75, 3.05) is 11.9 Å². The molecule has 4 nitrogen and oxygen atoms in total. The lowest BCUT2D eigenvalue weighted by atomic mass is 10.1. The van der Waals surface area contributed by atoms with Gasteiger partial charge in [-0.1, -0.05) is 32.4 Å². The molecule has 1 atom stereocenters. The van der Waals surface area contributed by atoms with Crippen LogP contribution < -0.4 is 5.32 Å². The number of hydrogen-bond acceptors (Lipinski definition) is 4. The van der Waals surface area contributed by atoms with Gasteiger partial charge in [-0.3, -0.25) is 0 Å². The molecule has 0 aliphatic carbocycles. The quantitative estimate of drug-likeness (QED) is 0.778. The summed E-state index contributed by atoms with van der Waals surface area (Å²) < 4.78 is 0. The van der Waals surface area contributed by atoms with Crippen LogP contribution in [0.25, 0.3) is 0 Å². The number of aliphatic hydroxyl groups is 1. The van der Waals surface area contributed by atoms with Crippen LogP contribution in [0.1, 0.15) is 26.3 Å². The Balaban J connectivity index is 2.70. The van der Waals surface area contributed by atoms with Gasteiger partial charge in [-0.05, 0) is 12.3 Å². The van der Waals surface area contributed by atoms with Gasteiger partial charge in [0.05, 0.1) is 6.10 Å². The summed E-state index contributed by atoms with van der Waals surface area (Å²) >= 11 is 5.95. The lowest BCUT2D eigenvalue weighted by molar-refractivity contribution is 0.138. The van der Waals surface area contributed by atoms with E-state index in [1.165, 1.54) is 6.33 Å². The Morgan fingerprint density at radius 1 is 1.44 bits per heavy atom. The van der Waals surface area contributed by atoms with Crippen molar-refractivity contribution in [3.8, 4) is 0 Å². The molecule has 0 spiro atoms. The molecule has 0 fully saturated rings. The van der Waals surface area contributed by atoms with Crippen molar-refractivity contribution in [2.24, 2.45) is 5.92 Å². The maximum absolute atomic E-state index is 9.68. The van der Waals surface area contributed by atoms with E-state index in [1.807, 2.05) is 20.8 Å². The minimum Gasteiger partial charge on any atom is -0.391 e. The Kier molecular flexibility index (Phi) is 4.96. The van der Waals surface area contributed by atoms with Crippen molar-refractivity contribution in [1.29, 1.82) is 0 Å². The van der Waals surface area contributed by atoms with Crippen LogP contribution in [0.5, 0.6) is 0 Å². The zero-order valence-electron chi connectivity index (χ0n) is 9.87. The number of nitrogens with zero attached hydrogens (tertiary/aromatic N) is 2. The van der Waals surface area contributed by atoms with Gasteiger partial charge in [0.15, 0.2) is 0 Å². The summed E-state index contributed by atoms with van der Waals surface area (Å²) in [7, 11) is 0. The highest BCUT2D eigenvalue weighted by molar-refractivity contribution is 6.30. The van der Waals surface area contributed by atoms with Gasteiger partial charge in [0, 0.05) is 12.1 Å². The van der Waals surface area contributed by atoms with Gasteiger partial charge in [-0.25, -0.2) is 9.97 Å². The molecule has 1 aromatic heterocycles. The van der Waals surface area contributed by atoms with Crippen LogP contribution in [0, 0.1) is 5.92 Å². The topological polar surface area (TPSA) is 58.0 Å². The fourth-order valence-electron chi connectivity index (χ4n) is 1.29. The molecule has 1 aromatic rings. The Bertz CT molecular complexity index is 344. The van der Waals surface area contributed by atoms with Crippen LogP contribution in [0.2, 0.25) is 5.15 Å². The average molecular weight is 244 g/mol. The minimum absolute atomic E-state index is 0.217. The number of hydrogen-bond donors (Lipinski definition) is 2. The monoisotopic (exact) mass is 243 g/mol. The SMILES string of the molecule is CCc1c(Cl)ncnc1NCC(O)C(C)C. The highest BCUT2D eigenvalue weighted by Gasteiger charge is 2.12. The second kappa shape index (κ2) is 6.01. The standard InChI is InChI=1S/C11H18ClN3O/c1-4-8-10(12)14-6-15-11(8)13-5-9(16)7(2)3/h6-7,9,16H,4-5H2,1-3H3,(H,13,14,15). The van der Waals surface area contributed by atoms with E-state index < -0.39 is 6.10 Å². The van der Waals surface area contributed by atoms with Gasteiger partial charge in [-0.2, -0.15) is 0 Å². The molecule has 90 valence electrons. The maximum Gasteiger partial charge on any atom is 0.137 e. The molecular weight excluding hydrogens is 226 g/mol. The van der Waals surface area contributed by atoms with Crippen molar-refractivity contribution in [2.45, 2.75) is 33.3 Å². The molecular formula is C11H18ClN3O. The smallest absolute Gasteiger partial charge is 0.137 e. The molecule has 1 heterocycles. The number of aromatic nitrogens is 2. The first-order valence-electron chi connectivity index (χ1n) is 5.47. The lowest BCUT2D eigenvalue weighted by Gasteiger charge is -2.16. The van der Waals surface area contributed by atoms with E-state index in [2.05, 4.69) is 15.3 Å². The predicted molar refractivity (Wildman–Crippen MR) is 65.8 cm³/mol. The summed E-state index contributed by atoms with van der Waals surface area (Å²) in [5.74, 6) is 0.928. The Morgan fingerprint density at radius 3 is 2.69 bits per heavy atom. The van der Waals surface area contributed by atoms with Crippen LogP contribution >= 0.6 is 11.6 Å². The molecule has 0 saturated carbocycles. The van der Waals surface area contributed by atoms with E-state index in [0.717, 1.165) is 12.0 Å². The van der Waals surface area contributed by atoms with Crippen LogP contribution in [0.4, 0.5) is 5.82 Å². The third-order valence-corrected chi connectivity index (χ3v) is 2.82. The summed E-state index contributed by atoms with van der Waals surface area (Å²) in [6.07, 6.45) is 1.80. The van der Waals surface area contributed by atoms with Crippen molar-refractivity contribution < 1.29 is 5.11 Å². The first-order chi connectivity index (χ1) is 7.56. The van der Waals surface area contributed by atoms with E-state index in [4.69, 9.17) is 11.6 Å². The maximum atomic E-state index is 9.68. The van der Waals surface area contributed by atoms with Crippen molar-refractivity contribution in [1.82, 2.24) is 9.97 Å². The van der Waals surface area contributed by atoms with Gasteiger partial charge in [0.2, 0.25) is 0 Å². The van der Waals surface area contributed by atoms with E-state index in [0.29, 0.717) is 17.5 Å². The Hall–Kier alpha value is -0.870. The van der Waals surface area contributed by atoms with Crippen molar-refractivity contribution in [3.63, 3.8) is 0 Å². The third-order valence-electron chi connectivity index (χ3n) is 2.49. The van der Waals surface area contributed by atoms with Crippen LogP contribution in [0.3, 0.4) is 0 Å². The van der Waals surface area contributed by atoms with E-state index >= 15 is 0 Å². The lowest BCUT2D eigenvalue weighted by Crippen LogP contribution is -2.25. The largest absolute Gasteiger partial charge is 0.391 e. The second-order valence-electron chi connectivity index (χ2n) is 4.04. The molecule has 0 amide bonds. The normalized spacial score (nSPS) is 12.9. The molecule has 0 aromatic carbocycles. The fourth-order valence-corrected chi connectivity index (χ4v) is 1.56. The van der Waals surface area contributed by atoms with Gasteiger partial charge < -0.3 is 10.4 Å². The van der Waals surface area contributed by atoms with Gasteiger partial charge in [-0.15, -0.1) is 0 Å². The molecule has 5 heteroatoms. The van der Waals surface area contributed by atoms with E-state index in [9.17, 15) is 5.11 Å². The average Bonchev–Trinajstić information content (AvgIpc) is 2.25. The molecule has 2 N–H and O–H groups in total. The molecule has 0 aliphatic heterocycles. The molecule has 0 radical (unpaired) electrons. The molecule has 1 unspecified atom stereocenters. The van der Waals surface area contributed by atoms with Crippen LogP contribution in [-0.4, -0.2) is 27.7 Å². The summed E-state index contributed by atoms with van der Waals surface area (Å²) in [5.41, 5.74) is 0.889. The molecule has 0 aliphatic rings. The summed E-state index contributed by atoms with van der Waals surface area (Å²) in [5, 5.41) is 13.3. The van der Waals surface area contributed by atoms with E-state index in [1.54, 1.807) is 0 Å². The number of anilines is 1. The number of rotatable bonds is 5. The summed E-state index contributed by atoms with van der Waals surface area (Å²) in [6, 6.07) is 0. The summed E-state index contributed by atoms with van der Waals surface area (Å²) in [6.45, 7) is 6.41. The molecule has 1 rings (SSSR count). The van der Waals surface area contributed by atoms with Crippen molar-refractivity contribution in [3.05, 3.63) is 17.0 Å². The second-order valence-corrected chi connectivity index (χ2v) is 4.40. The van der Waals surface area contributed by atoms with Gasteiger partial charge in [0.1, 0.15) is 17.3 Å². The Labute approximate surface area is 101 Å². The van der Waals surface area contributed by atoms with Gasteiger partial charge in [0.25, 0.3) is 0 Å². The Morgan fingerprint density at radius 2 is 2.12 bits per heavy atom. The summed E-state index contributed by atoms with van der Waals surface area (Å²) in [4.78, 5) is 8.05. The highest BCUT2D eigenvalue weighted by Crippen LogP contribution is 2.20. The van der Waals surface area contributed by atoms with Crippen LogP contribution in [-0.2, 0) is 6.42 Å². The fraction of sp³-hybridized carbons (Fsp3) is 0.636. The third kappa shape index (κ3) is 3.32. The molecule has 0 bridgehead atoms. The van der Waals surface area contributed by atoms with E-state index in [-0.39, 0.29) is 5.92 Å². The zero-order chi connectivity index (χ0) is 12.1. The zero-order valence-corrected chi connectivity index (χ0v) is 10.6. The minimum atomic E-state index is -0.390. The molecule has 16 heavy (non-hydrogen) atoms. The first kappa shape index (κ1) is 13.2. The highest BCUT2D eigenvalue weighted by atomic mass is 35.5. The first-order valence-corrected chi connectivity index (χ1v) is 5.85. The molecule has 0 saturated heterocycles. The number of aliphatic hydroxyl groups excluding tert-OH is 1. The van der Waals surface area contributed by atoms with Crippen molar-refractivity contribution >= 4 is 17.4 Å². The number of nitrogens with one attached hydrogen (secondary N) is 1. The number of halogens is 1. The predicted octanol–water partition coefficient (Wildman–Crippen LogP) is 2.12. The van der Waals surface area contributed by atoms with Gasteiger partial charge >= 0.3 is 0 Å².